The Balaban J connectivity index is 1.92. The average molecular weight is 419 g/mol. The molecule has 1 atom stereocenters. The number of rotatable bonds is 5. The average Bonchev–Trinajstić information content (AvgIpc) is 3.06. The zero-order valence-electron chi connectivity index (χ0n) is 17.7. The first kappa shape index (κ1) is 20.2. The van der Waals surface area contributed by atoms with Crippen molar-refractivity contribution in [1.82, 2.24) is 3.97 Å². The quantitative estimate of drug-likeness (QED) is 0.418. The molecule has 0 amide bonds. The van der Waals surface area contributed by atoms with Crippen molar-refractivity contribution in [1.29, 1.82) is 0 Å². The summed E-state index contributed by atoms with van der Waals surface area (Å²) in [4.78, 5) is 2.45. The number of para-hydroxylation sites is 1. The number of fused-ring (bicyclic) bond motifs is 1. The minimum atomic E-state index is -3.73. The van der Waals surface area contributed by atoms with Gasteiger partial charge in [0.1, 0.15) is 0 Å². The third-order valence-corrected chi connectivity index (χ3v) is 7.62. The van der Waals surface area contributed by atoms with E-state index in [1.165, 1.54) is 9.54 Å². The molecule has 0 fully saturated rings. The molecule has 1 heterocycles. The van der Waals surface area contributed by atoms with Crippen LogP contribution in [0.4, 0.5) is 5.69 Å². The summed E-state index contributed by atoms with van der Waals surface area (Å²) in [5.74, 6) is 0. The Morgan fingerprint density at radius 1 is 0.833 bits per heavy atom. The van der Waals surface area contributed by atoms with Crippen LogP contribution >= 0.6 is 0 Å². The SMILES string of the molecule is Cc1ccc(S(=O)(=O)n2c(C)c(N(C)C(C)c3ccccc3)c3ccccc32)cc1. The summed E-state index contributed by atoms with van der Waals surface area (Å²) in [5.41, 5.74) is 4.54. The highest BCUT2D eigenvalue weighted by Gasteiger charge is 2.27. The van der Waals surface area contributed by atoms with Gasteiger partial charge in [-0.15, -0.1) is 0 Å². The van der Waals surface area contributed by atoms with Gasteiger partial charge < -0.3 is 4.90 Å². The zero-order valence-corrected chi connectivity index (χ0v) is 18.5. The highest BCUT2D eigenvalue weighted by Crippen LogP contribution is 2.38. The maximum atomic E-state index is 13.6. The Bertz CT molecular complexity index is 1290. The lowest BCUT2D eigenvalue weighted by atomic mass is 10.1. The fourth-order valence-electron chi connectivity index (χ4n) is 4.04. The first-order chi connectivity index (χ1) is 14.3. The monoisotopic (exact) mass is 418 g/mol. The summed E-state index contributed by atoms with van der Waals surface area (Å²) in [6.45, 7) is 5.97. The second kappa shape index (κ2) is 7.65. The van der Waals surface area contributed by atoms with E-state index in [2.05, 4.69) is 24.0 Å². The van der Waals surface area contributed by atoms with Gasteiger partial charge in [0.25, 0.3) is 10.0 Å². The van der Waals surface area contributed by atoms with Gasteiger partial charge in [-0.3, -0.25) is 0 Å². The smallest absolute Gasteiger partial charge is 0.268 e. The molecule has 1 aromatic heterocycles. The zero-order chi connectivity index (χ0) is 21.5. The first-order valence-electron chi connectivity index (χ1n) is 10.0. The number of aryl methyl sites for hydroxylation is 1. The molecule has 0 aliphatic rings. The summed E-state index contributed by atoms with van der Waals surface area (Å²) >= 11 is 0. The van der Waals surface area contributed by atoms with Crippen LogP contribution in [0.2, 0.25) is 0 Å². The lowest BCUT2D eigenvalue weighted by Crippen LogP contribution is -2.23. The Morgan fingerprint density at radius 3 is 2.10 bits per heavy atom. The van der Waals surface area contributed by atoms with E-state index < -0.39 is 10.0 Å². The van der Waals surface area contributed by atoms with Crippen molar-refractivity contribution in [2.24, 2.45) is 0 Å². The summed E-state index contributed by atoms with van der Waals surface area (Å²) in [6.07, 6.45) is 0. The molecule has 0 N–H and O–H groups in total. The molecule has 30 heavy (non-hydrogen) atoms. The molecule has 4 rings (SSSR count). The molecular weight excluding hydrogens is 392 g/mol. The van der Waals surface area contributed by atoms with Crippen LogP contribution in [0.5, 0.6) is 0 Å². The van der Waals surface area contributed by atoms with Crippen LogP contribution in [0.3, 0.4) is 0 Å². The van der Waals surface area contributed by atoms with Gasteiger partial charge in [-0.1, -0.05) is 66.2 Å². The number of nitrogens with zero attached hydrogens (tertiary/aromatic N) is 2. The molecule has 154 valence electrons. The maximum absolute atomic E-state index is 13.6. The van der Waals surface area contributed by atoms with Crippen LogP contribution in [0.25, 0.3) is 10.9 Å². The molecule has 0 aliphatic carbocycles. The van der Waals surface area contributed by atoms with Gasteiger partial charge >= 0.3 is 0 Å². The lowest BCUT2D eigenvalue weighted by molar-refractivity contribution is 0.588. The third kappa shape index (κ3) is 3.29. The van der Waals surface area contributed by atoms with E-state index in [4.69, 9.17) is 0 Å². The molecule has 0 saturated carbocycles. The second-order valence-electron chi connectivity index (χ2n) is 7.73. The summed E-state index contributed by atoms with van der Waals surface area (Å²) in [5, 5.41) is 0.927. The van der Waals surface area contributed by atoms with E-state index in [9.17, 15) is 8.42 Å². The summed E-state index contributed by atoms with van der Waals surface area (Å²) in [7, 11) is -1.70. The van der Waals surface area contributed by atoms with Crippen molar-refractivity contribution < 1.29 is 8.42 Å². The van der Waals surface area contributed by atoms with Gasteiger partial charge in [0, 0.05) is 12.4 Å². The largest absolute Gasteiger partial charge is 0.366 e. The van der Waals surface area contributed by atoms with Gasteiger partial charge in [0.15, 0.2) is 0 Å². The Morgan fingerprint density at radius 2 is 1.43 bits per heavy atom. The molecular formula is C25H26N2O2S. The van der Waals surface area contributed by atoms with Crippen molar-refractivity contribution in [3.05, 3.63) is 95.7 Å². The molecule has 0 spiro atoms. The van der Waals surface area contributed by atoms with E-state index in [1.807, 2.05) is 75.5 Å². The predicted octanol–water partition coefficient (Wildman–Crippen LogP) is 5.69. The van der Waals surface area contributed by atoms with Crippen LogP contribution in [0.15, 0.2) is 83.8 Å². The topological polar surface area (TPSA) is 42.3 Å². The van der Waals surface area contributed by atoms with Gasteiger partial charge in [-0.25, -0.2) is 12.4 Å². The predicted molar refractivity (Wildman–Crippen MR) is 124 cm³/mol. The van der Waals surface area contributed by atoms with E-state index in [0.29, 0.717) is 16.1 Å². The van der Waals surface area contributed by atoms with E-state index in [0.717, 1.165) is 16.6 Å². The Labute approximate surface area is 178 Å². The molecule has 0 saturated heterocycles. The molecule has 4 aromatic rings. The molecule has 1 unspecified atom stereocenters. The number of hydrogen-bond acceptors (Lipinski definition) is 3. The normalized spacial score (nSPS) is 12.8. The van der Waals surface area contributed by atoms with Crippen molar-refractivity contribution in [3.8, 4) is 0 Å². The van der Waals surface area contributed by atoms with E-state index >= 15 is 0 Å². The Kier molecular flexibility index (Phi) is 5.16. The molecule has 0 aliphatic heterocycles. The van der Waals surface area contributed by atoms with Gasteiger partial charge in [-0.2, -0.15) is 0 Å². The summed E-state index contributed by atoms with van der Waals surface area (Å²) in [6, 6.07) is 25.1. The van der Waals surface area contributed by atoms with Crippen molar-refractivity contribution >= 4 is 26.6 Å². The summed E-state index contributed by atoms with van der Waals surface area (Å²) < 4.78 is 28.7. The van der Waals surface area contributed by atoms with Crippen molar-refractivity contribution in [2.45, 2.75) is 31.7 Å². The molecule has 5 heteroatoms. The van der Waals surface area contributed by atoms with Crippen LogP contribution in [-0.4, -0.2) is 19.4 Å². The molecule has 3 aromatic carbocycles. The molecule has 4 nitrogen and oxygen atoms in total. The Hall–Kier alpha value is -3.05. The fourth-order valence-corrected chi connectivity index (χ4v) is 5.60. The number of aromatic nitrogens is 1. The van der Waals surface area contributed by atoms with Gasteiger partial charge in [-0.05, 0) is 44.5 Å². The van der Waals surface area contributed by atoms with Gasteiger partial charge in [0.05, 0.1) is 27.8 Å². The number of anilines is 1. The molecule has 0 bridgehead atoms. The van der Waals surface area contributed by atoms with Crippen LogP contribution in [0, 0.1) is 13.8 Å². The van der Waals surface area contributed by atoms with Crippen LogP contribution < -0.4 is 4.90 Å². The van der Waals surface area contributed by atoms with Crippen molar-refractivity contribution in [3.63, 3.8) is 0 Å². The molecule has 0 radical (unpaired) electrons. The lowest BCUT2D eigenvalue weighted by Gasteiger charge is -2.28. The second-order valence-corrected chi connectivity index (χ2v) is 9.52. The highest BCUT2D eigenvalue weighted by atomic mass is 32.2. The van der Waals surface area contributed by atoms with E-state index in [1.54, 1.807) is 12.1 Å². The third-order valence-electron chi connectivity index (χ3n) is 5.80. The first-order valence-corrected chi connectivity index (χ1v) is 11.5. The van der Waals surface area contributed by atoms with Crippen molar-refractivity contribution in [2.75, 3.05) is 11.9 Å². The number of benzene rings is 3. The minimum Gasteiger partial charge on any atom is -0.366 e. The standard InChI is InChI=1S/C25H26N2O2S/c1-18-14-16-22(17-15-18)30(28,29)27-20(3)25(23-12-8-9-13-24(23)27)26(4)19(2)21-10-6-5-7-11-21/h5-17,19H,1-4H3. The fraction of sp³-hybridized carbons (Fsp3) is 0.200. The van der Waals surface area contributed by atoms with Crippen LogP contribution in [0.1, 0.15) is 29.8 Å². The van der Waals surface area contributed by atoms with E-state index in [-0.39, 0.29) is 6.04 Å². The maximum Gasteiger partial charge on any atom is 0.268 e. The highest BCUT2D eigenvalue weighted by molar-refractivity contribution is 7.90. The number of hydrogen-bond donors (Lipinski definition) is 0. The minimum absolute atomic E-state index is 0.0891. The van der Waals surface area contributed by atoms with Gasteiger partial charge in [0.2, 0.25) is 0 Å². The van der Waals surface area contributed by atoms with Crippen LogP contribution in [-0.2, 0) is 10.0 Å².